The van der Waals surface area contributed by atoms with E-state index >= 15 is 0 Å². The average Bonchev–Trinajstić information content (AvgIpc) is 3.43. The summed E-state index contributed by atoms with van der Waals surface area (Å²) in [5.41, 5.74) is 0.964. The van der Waals surface area contributed by atoms with Crippen molar-refractivity contribution in [3.05, 3.63) is 62.0 Å². The molecule has 138 valence electrons. The van der Waals surface area contributed by atoms with Gasteiger partial charge < -0.3 is 4.90 Å². The molecular formula is C18H15ClN4O2S2. The van der Waals surface area contributed by atoms with Crippen molar-refractivity contribution in [2.24, 2.45) is 4.99 Å². The third-order valence-corrected chi connectivity index (χ3v) is 6.18. The minimum Gasteiger partial charge on any atom is -0.337 e. The minimum absolute atomic E-state index is 0.186. The molecule has 0 aliphatic carbocycles. The molecule has 27 heavy (non-hydrogen) atoms. The van der Waals surface area contributed by atoms with Gasteiger partial charge >= 0.3 is 0 Å². The highest BCUT2D eigenvalue weighted by atomic mass is 35.5. The Morgan fingerprint density at radius 2 is 1.85 bits per heavy atom. The van der Waals surface area contributed by atoms with E-state index in [4.69, 9.17) is 11.6 Å². The molecule has 0 radical (unpaired) electrons. The summed E-state index contributed by atoms with van der Waals surface area (Å²) in [6.45, 7) is 1.41. The van der Waals surface area contributed by atoms with Gasteiger partial charge in [0.15, 0.2) is 10.4 Å². The molecule has 0 unspecified atom stereocenters. The van der Waals surface area contributed by atoms with E-state index in [9.17, 15) is 9.59 Å². The first-order valence-corrected chi connectivity index (χ1v) is 10.4. The first kappa shape index (κ1) is 18.1. The van der Waals surface area contributed by atoms with Gasteiger partial charge in [-0.2, -0.15) is 9.06 Å². The molecule has 1 saturated heterocycles. The van der Waals surface area contributed by atoms with Gasteiger partial charge in [0.1, 0.15) is 0 Å². The van der Waals surface area contributed by atoms with Gasteiger partial charge in [0.2, 0.25) is 0 Å². The zero-order chi connectivity index (χ0) is 18.8. The minimum atomic E-state index is -0.368. The summed E-state index contributed by atoms with van der Waals surface area (Å²) in [6.07, 6.45) is 1.96. The van der Waals surface area contributed by atoms with Crippen molar-refractivity contribution in [2.45, 2.75) is 12.8 Å². The van der Waals surface area contributed by atoms with Crippen LogP contribution in [0.15, 0.2) is 46.8 Å². The van der Waals surface area contributed by atoms with Crippen LogP contribution in [0.3, 0.4) is 0 Å². The smallest absolute Gasteiger partial charge is 0.288 e. The second kappa shape index (κ2) is 7.75. The highest BCUT2D eigenvalue weighted by Gasteiger charge is 2.25. The maximum Gasteiger partial charge on any atom is 0.288 e. The van der Waals surface area contributed by atoms with Crippen LogP contribution >= 0.6 is 34.5 Å². The Balaban J connectivity index is 1.78. The lowest BCUT2D eigenvalue weighted by Gasteiger charge is -2.12. The van der Waals surface area contributed by atoms with Crippen molar-refractivity contribution >= 4 is 46.3 Å². The largest absolute Gasteiger partial charge is 0.337 e. The molecule has 6 nitrogen and oxygen atoms in total. The van der Waals surface area contributed by atoms with Crippen molar-refractivity contribution in [3.8, 4) is 5.69 Å². The number of likely N-dealkylation sites (tertiary alicyclic amines) is 1. The van der Waals surface area contributed by atoms with Crippen LogP contribution in [0.4, 0.5) is 0 Å². The first-order chi connectivity index (χ1) is 13.1. The zero-order valence-electron chi connectivity index (χ0n) is 14.2. The number of carbonyl (C=O) groups is 2. The molecule has 0 saturated carbocycles. The summed E-state index contributed by atoms with van der Waals surface area (Å²) < 4.78 is 1.92. The van der Waals surface area contributed by atoms with Gasteiger partial charge in [-0.3, -0.25) is 9.59 Å². The van der Waals surface area contributed by atoms with E-state index in [1.807, 2.05) is 5.38 Å². The maximum atomic E-state index is 12.9. The van der Waals surface area contributed by atoms with Gasteiger partial charge in [0, 0.05) is 18.1 Å². The van der Waals surface area contributed by atoms with Crippen molar-refractivity contribution in [2.75, 3.05) is 13.1 Å². The van der Waals surface area contributed by atoms with E-state index in [2.05, 4.69) is 10.1 Å². The Bertz CT molecular complexity index is 1030. The van der Waals surface area contributed by atoms with E-state index in [0.29, 0.717) is 27.7 Å². The summed E-state index contributed by atoms with van der Waals surface area (Å²) in [6, 6.07) is 10.6. The topological polar surface area (TPSA) is 67.6 Å². The molecule has 1 fully saturated rings. The van der Waals surface area contributed by atoms with Crippen molar-refractivity contribution < 1.29 is 9.59 Å². The molecule has 0 bridgehead atoms. The van der Waals surface area contributed by atoms with E-state index < -0.39 is 0 Å². The normalized spacial score (nSPS) is 14.7. The van der Waals surface area contributed by atoms with Crippen LogP contribution < -0.4 is 4.67 Å². The number of carbonyl (C=O) groups excluding carboxylic acids is 2. The molecule has 4 rings (SSSR count). The number of amides is 2. The lowest BCUT2D eigenvalue weighted by atomic mass is 10.3. The van der Waals surface area contributed by atoms with Crippen LogP contribution in [-0.2, 0) is 0 Å². The van der Waals surface area contributed by atoms with Gasteiger partial charge in [-0.1, -0.05) is 17.7 Å². The van der Waals surface area contributed by atoms with Gasteiger partial charge in [0.25, 0.3) is 11.8 Å². The SMILES string of the molecule is O=C(N=c1sn(-c2ccc(Cl)cc2)nc1C(=O)N1CCCC1)c1cccs1. The summed E-state index contributed by atoms with van der Waals surface area (Å²) >= 11 is 8.43. The molecule has 2 amide bonds. The molecular weight excluding hydrogens is 404 g/mol. The Kier molecular flexibility index (Phi) is 5.20. The van der Waals surface area contributed by atoms with E-state index in [1.165, 1.54) is 11.3 Å². The molecule has 2 aromatic heterocycles. The number of nitrogens with zero attached hydrogens (tertiary/aromatic N) is 4. The monoisotopic (exact) mass is 418 g/mol. The number of hydrogen-bond donors (Lipinski definition) is 0. The molecule has 0 atom stereocenters. The van der Waals surface area contributed by atoms with Gasteiger partial charge in [0.05, 0.1) is 10.6 Å². The number of hydrogen-bond acceptors (Lipinski definition) is 5. The van der Waals surface area contributed by atoms with Crippen molar-refractivity contribution in [1.29, 1.82) is 0 Å². The molecule has 3 heterocycles. The Morgan fingerprint density at radius 1 is 1.11 bits per heavy atom. The number of aromatic nitrogens is 2. The second-order valence-corrected chi connectivity index (χ2v) is 8.29. The number of benzene rings is 1. The number of halogens is 1. The fourth-order valence-electron chi connectivity index (χ4n) is 2.78. The summed E-state index contributed by atoms with van der Waals surface area (Å²) in [4.78, 5) is 31.8. The van der Waals surface area contributed by atoms with Crippen LogP contribution in [0, 0.1) is 0 Å². The fourth-order valence-corrected chi connectivity index (χ4v) is 4.37. The van der Waals surface area contributed by atoms with E-state index in [0.717, 1.165) is 30.1 Å². The summed E-state index contributed by atoms with van der Waals surface area (Å²) in [7, 11) is 0. The van der Waals surface area contributed by atoms with Crippen molar-refractivity contribution in [3.63, 3.8) is 0 Å². The summed E-state index contributed by atoms with van der Waals surface area (Å²) in [5, 5.41) is 6.88. The average molecular weight is 419 g/mol. The van der Waals surface area contributed by atoms with Gasteiger partial charge in [-0.15, -0.1) is 16.4 Å². The van der Waals surface area contributed by atoms with Crippen LogP contribution in [0.5, 0.6) is 0 Å². The van der Waals surface area contributed by atoms with Gasteiger partial charge in [-0.25, -0.2) is 0 Å². The Hall–Kier alpha value is -2.29. The van der Waals surface area contributed by atoms with Crippen LogP contribution in [0.25, 0.3) is 5.69 Å². The fraction of sp³-hybridized carbons (Fsp3) is 0.222. The third-order valence-electron chi connectivity index (χ3n) is 4.14. The van der Waals surface area contributed by atoms with Crippen LogP contribution in [0.2, 0.25) is 5.02 Å². The molecule has 0 N–H and O–H groups in total. The quantitative estimate of drug-likeness (QED) is 0.652. The van der Waals surface area contributed by atoms with Gasteiger partial charge in [-0.05, 0) is 60.1 Å². The molecule has 9 heteroatoms. The second-order valence-electron chi connectivity index (χ2n) is 5.99. The molecule has 1 aliphatic heterocycles. The van der Waals surface area contributed by atoms with Crippen molar-refractivity contribution in [1.82, 2.24) is 14.1 Å². The van der Waals surface area contributed by atoms with Crippen LogP contribution in [0.1, 0.15) is 33.0 Å². The predicted octanol–water partition coefficient (Wildman–Crippen LogP) is 3.63. The third kappa shape index (κ3) is 3.87. The Labute approximate surface area is 168 Å². The van der Waals surface area contributed by atoms with E-state index in [-0.39, 0.29) is 17.5 Å². The Morgan fingerprint density at radius 3 is 2.52 bits per heavy atom. The highest BCUT2D eigenvalue weighted by Crippen LogP contribution is 2.16. The first-order valence-electron chi connectivity index (χ1n) is 8.40. The van der Waals surface area contributed by atoms with E-state index in [1.54, 1.807) is 45.4 Å². The standard InChI is InChI=1S/C18H15ClN4O2S2/c19-12-5-7-13(8-6-12)23-21-15(18(25)22-9-1-2-10-22)17(27-23)20-16(24)14-4-3-11-26-14/h3-8,11H,1-2,9-10H2. The predicted molar refractivity (Wildman–Crippen MR) is 106 cm³/mol. The zero-order valence-corrected chi connectivity index (χ0v) is 16.6. The maximum absolute atomic E-state index is 12.9. The van der Waals surface area contributed by atoms with Crippen LogP contribution in [-0.4, -0.2) is 39.0 Å². The summed E-state index contributed by atoms with van der Waals surface area (Å²) in [5.74, 6) is -0.554. The number of thiophene rings is 1. The lowest BCUT2D eigenvalue weighted by Crippen LogP contribution is -2.31. The highest BCUT2D eigenvalue weighted by molar-refractivity contribution is 7.12. The molecule has 0 spiro atoms. The number of rotatable bonds is 3. The molecule has 3 aromatic rings. The lowest BCUT2D eigenvalue weighted by molar-refractivity contribution is 0.0785. The molecule has 1 aromatic carbocycles. The molecule has 1 aliphatic rings.